The molecule has 2 aromatic rings. The molecular weight excluding hydrogens is 297 g/mol. The van der Waals surface area contributed by atoms with E-state index in [0.717, 1.165) is 37.0 Å². The number of nitrogens with zero attached hydrogens (tertiary/aromatic N) is 3. The third kappa shape index (κ3) is 2.66. The molecule has 1 aromatic heterocycles. The van der Waals surface area contributed by atoms with Gasteiger partial charge < -0.3 is 14.2 Å². The number of carbonyl (C=O) groups is 1. The molecule has 1 aromatic carbocycles. The number of halogens is 1. The van der Waals surface area contributed by atoms with E-state index in [1.807, 2.05) is 29.2 Å². The molecule has 0 saturated carbocycles. The van der Waals surface area contributed by atoms with Crippen LogP contribution < -0.4 is 4.90 Å². The first-order valence-corrected chi connectivity index (χ1v) is 8.20. The van der Waals surface area contributed by atoms with Gasteiger partial charge in [-0.1, -0.05) is 12.1 Å². The average molecular weight is 317 g/mol. The highest BCUT2D eigenvalue weighted by atomic mass is 19.1. The van der Waals surface area contributed by atoms with Crippen LogP contribution in [-0.4, -0.2) is 48.1 Å². The molecule has 0 spiro atoms. The van der Waals surface area contributed by atoms with E-state index in [4.69, 9.17) is 4.42 Å². The molecule has 23 heavy (non-hydrogen) atoms. The van der Waals surface area contributed by atoms with Crippen LogP contribution in [-0.2, 0) is 4.79 Å². The molecule has 3 heterocycles. The van der Waals surface area contributed by atoms with Crippen molar-refractivity contribution < 1.29 is 13.6 Å². The first kappa shape index (κ1) is 14.5. The third-order valence-electron chi connectivity index (χ3n) is 4.92. The normalized spacial score (nSPS) is 23.2. The third-order valence-corrected chi connectivity index (χ3v) is 4.92. The molecule has 1 unspecified atom stereocenters. The first-order chi connectivity index (χ1) is 11.2. The highest BCUT2D eigenvalue weighted by molar-refractivity contribution is 5.79. The van der Waals surface area contributed by atoms with Crippen molar-refractivity contribution in [3.8, 4) is 0 Å². The van der Waals surface area contributed by atoms with Gasteiger partial charge in [0.05, 0.1) is 6.67 Å². The lowest BCUT2D eigenvalue weighted by atomic mass is 10.0. The Labute approximate surface area is 134 Å². The zero-order chi connectivity index (χ0) is 15.8. The Morgan fingerprint density at radius 1 is 1.26 bits per heavy atom. The Morgan fingerprint density at radius 3 is 2.74 bits per heavy atom. The highest BCUT2D eigenvalue weighted by Crippen LogP contribution is 2.29. The summed E-state index contributed by atoms with van der Waals surface area (Å²) in [6, 6.07) is 8.61. The maximum Gasteiger partial charge on any atom is 0.298 e. The van der Waals surface area contributed by atoms with Crippen molar-refractivity contribution in [3.63, 3.8) is 0 Å². The van der Waals surface area contributed by atoms with Gasteiger partial charge in [-0.3, -0.25) is 9.18 Å². The van der Waals surface area contributed by atoms with Crippen molar-refractivity contribution in [2.45, 2.75) is 25.3 Å². The monoisotopic (exact) mass is 317 g/mol. The molecule has 1 amide bonds. The summed E-state index contributed by atoms with van der Waals surface area (Å²) in [6.07, 6.45) is 2.12. The number of amides is 1. The van der Waals surface area contributed by atoms with E-state index in [9.17, 15) is 9.18 Å². The summed E-state index contributed by atoms with van der Waals surface area (Å²) in [6.45, 7) is 1.79. The maximum atomic E-state index is 12.8. The van der Waals surface area contributed by atoms with Crippen LogP contribution in [0.15, 0.2) is 28.7 Å². The molecule has 0 radical (unpaired) electrons. The Morgan fingerprint density at radius 2 is 2.04 bits per heavy atom. The van der Waals surface area contributed by atoms with E-state index in [1.165, 1.54) is 0 Å². The van der Waals surface area contributed by atoms with Crippen LogP contribution in [0, 0.1) is 5.92 Å². The topological polar surface area (TPSA) is 49.6 Å². The van der Waals surface area contributed by atoms with Crippen LogP contribution in [0.4, 0.5) is 10.4 Å². The SMILES string of the molecule is O=C1CC(CF)CN1C1CCN(c2nc3ccccc3o2)CC1. The number of likely N-dealkylation sites (tertiary alicyclic amines) is 1. The minimum Gasteiger partial charge on any atom is -0.423 e. The van der Waals surface area contributed by atoms with Crippen LogP contribution in [0.25, 0.3) is 11.1 Å². The number of alkyl halides is 1. The molecule has 1 atom stereocenters. The van der Waals surface area contributed by atoms with E-state index >= 15 is 0 Å². The molecule has 2 aliphatic heterocycles. The number of hydrogen-bond acceptors (Lipinski definition) is 4. The summed E-state index contributed by atoms with van der Waals surface area (Å²) in [5, 5.41) is 0. The lowest BCUT2D eigenvalue weighted by Crippen LogP contribution is -2.45. The second-order valence-electron chi connectivity index (χ2n) is 6.45. The summed E-state index contributed by atoms with van der Waals surface area (Å²) < 4.78 is 18.6. The van der Waals surface area contributed by atoms with Gasteiger partial charge in [-0.2, -0.15) is 4.98 Å². The van der Waals surface area contributed by atoms with Crippen molar-refractivity contribution in [3.05, 3.63) is 24.3 Å². The van der Waals surface area contributed by atoms with Crippen molar-refractivity contribution >= 4 is 23.0 Å². The van der Waals surface area contributed by atoms with Crippen molar-refractivity contribution in [1.29, 1.82) is 0 Å². The van der Waals surface area contributed by atoms with E-state index in [1.54, 1.807) is 0 Å². The summed E-state index contributed by atoms with van der Waals surface area (Å²) in [5.74, 6) is -0.00877. The van der Waals surface area contributed by atoms with Gasteiger partial charge in [0.15, 0.2) is 5.58 Å². The Kier molecular flexibility index (Phi) is 3.67. The molecule has 6 heteroatoms. The molecule has 0 N–H and O–H groups in total. The summed E-state index contributed by atoms with van der Waals surface area (Å²) in [5.41, 5.74) is 1.66. The number of aromatic nitrogens is 1. The van der Waals surface area contributed by atoms with Gasteiger partial charge in [-0.25, -0.2) is 0 Å². The lowest BCUT2D eigenvalue weighted by Gasteiger charge is -2.36. The van der Waals surface area contributed by atoms with E-state index in [-0.39, 0.29) is 17.9 Å². The van der Waals surface area contributed by atoms with E-state index < -0.39 is 6.67 Å². The standard InChI is InChI=1S/C17H20FN3O2/c18-10-12-9-16(22)21(11-12)13-5-7-20(8-6-13)17-19-14-3-1-2-4-15(14)23-17/h1-4,12-13H,5-11H2. The van der Waals surface area contributed by atoms with Crippen molar-refractivity contribution in [2.24, 2.45) is 5.92 Å². The minimum absolute atomic E-state index is 0.105. The molecule has 2 saturated heterocycles. The molecule has 122 valence electrons. The average Bonchev–Trinajstić information content (AvgIpc) is 3.18. The molecule has 0 aliphatic carbocycles. The summed E-state index contributed by atoms with van der Waals surface area (Å²) in [4.78, 5) is 20.6. The minimum atomic E-state index is -0.399. The highest BCUT2D eigenvalue weighted by Gasteiger charge is 2.36. The van der Waals surface area contributed by atoms with Crippen LogP contribution in [0.1, 0.15) is 19.3 Å². The van der Waals surface area contributed by atoms with Gasteiger partial charge in [0.25, 0.3) is 6.01 Å². The zero-order valence-corrected chi connectivity index (χ0v) is 12.9. The molecular formula is C17H20FN3O2. The van der Waals surface area contributed by atoms with Gasteiger partial charge >= 0.3 is 0 Å². The molecule has 2 aliphatic rings. The lowest BCUT2D eigenvalue weighted by molar-refractivity contribution is -0.130. The predicted octanol–water partition coefficient (Wildman–Crippen LogP) is 2.61. The fourth-order valence-corrected chi connectivity index (χ4v) is 3.63. The van der Waals surface area contributed by atoms with Gasteiger partial charge in [0.2, 0.25) is 5.91 Å². The van der Waals surface area contributed by atoms with Crippen molar-refractivity contribution in [2.75, 3.05) is 31.2 Å². The van der Waals surface area contributed by atoms with Crippen LogP contribution in [0.5, 0.6) is 0 Å². The second-order valence-corrected chi connectivity index (χ2v) is 6.45. The number of oxazole rings is 1. The first-order valence-electron chi connectivity index (χ1n) is 8.20. The fourth-order valence-electron chi connectivity index (χ4n) is 3.63. The molecule has 2 fully saturated rings. The largest absolute Gasteiger partial charge is 0.423 e. The second kappa shape index (κ2) is 5.83. The van der Waals surface area contributed by atoms with Crippen LogP contribution >= 0.6 is 0 Å². The van der Waals surface area contributed by atoms with Crippen LogP contribution in [0.3, 0.4) is 0 Å². The predicted molar refractivity (Wildman–Crippen MR) is 85.0 cm³/mol. The summed E-state index contributed by atoms with van der Waals surface area (Å²) >= 11 is 0. The number of hydrogen-bond donors (Lipinski definition) is 0. The van der Waals surface area contributed by atoms with Gasteiger partial charge in [-0.15, -0.1) is 0 Å². The van der Waals surface area contributed by atoms with E-state index in [2.05, 4.69) is 9.88 Å². The van der Waals surface area contributed by atoms with Gasteiger partial charge in [0.1, 0.15) is 5.52 Å². The number of anilines is 1. The summed E-state index contributed by atoms with van der Waals surface area (Å²) in [7, 11) is 0. The molecule has 0 bridgehead atoms. The van der Waals surface area contributed by atoms with Crippen LogP contribution in [0.2, 0.25) is 0 Å². The smallest absolute Gasteiger partial charge is 0.298 e. The number of carbonyl (C=O) groups excluding carboxylic acids is 1. The number of piperidine rings is 1. The number of benzene rings is 1. The maximum absolute atomic E-state index is 12.8. The Bertz CT molecular complexity index is 676. The van der Waals surface area contributed by atoms with Gasteiger partial charge in [0, 0.05) is 38.0 Å². The number of rotatable bonds is 3. The zero-order valence-electron chi connectivity index (χ0n) is 12.9. The quantitative estimate of drug-likeness (QED) is 0.873. The van der Waals surface area contributed by atoms with Crippen molar-refractivity contribution in [1.82, 2.24) is 9.88 Å². The molecule has 5 nitrogen and oxygen atoms in total. The molecule has 4 rings (SSSR count). The number of para-hydroxylation sites is 2. The van der Waals surface area contributed by atoms with Gasteiger partial charge in [-0.05, 0) is 25.0 Å². The Balaban J connectivity index is 1.42. The Hall–Kier alpha value is -2.11. The number of fused-ring (bicyclic) bond motifs is 1. The fraction of sp³-hybridized carbons (Fsp3) is 0.529. The van der Waals surface area contributed by atoms with E-state index in [0.29, 0.717) is 19.0 Å².